The van der Waals surface area contributed by atoms with Gasteiger partial charge in [-0.15, -0.1) is 0 Å². The third-order valence-electron chi connectivity index (χ3n) is 4.22. The normalized spacial score (nSPS) is 22.9. The minimum absolute atomic E-state index is 0.624. The highest BCUT2D eigenvalue weighted by Gasteiger charge is 2.27. The molecule has 0 radical (unpaired) electrons. The fourth-order valence-electron chi connectivity index (χ4n) is 3.30. The van der Waals surface area contributed by atoms with Gasteiger partial charge in [0.15, 0.2) is 11.5 Å². The average molecular weight is 277 g/mol. The van der Waals surface area contributed by atoms with Crippen molar-refractivity contribution in [1.29, 1.82) is 0 Å². The Labute approximate surface area is 122 Å². The molecule has 112 valence electrons. The second-order valence-electron chi connectivity index (χ2n) is 6.10. The third-order valence-corrected chi connectivity index (χ3v) is 4.22. The van der Waals surface area contributed by atoms with Crippen LogP contribution >= 0.6 is 0 Å². The summed E-state index contributed by atoms with van der Waals surface area (Å²) in [5, 5.41) is 3.54. The highest BCUT2D eigenvalue weighted by Crippen LogP contribution is 2.38. The molecule has 20 heavy (non-hydrogen) atoms. The van der Waals surface area contributed by atoms with Gasteiger partial charge in [-0.05, 0) is 61.4 Å². The minimum Gasteiger partial charge on any atom is -0.493 e. The molecule has 1 fully saturated rings. The van der Waals surface area contributed by atoms with E-state index in [9.17, 15) is 0 Å². The van der Waals surface area contributed by atoms with E-state index in [1.807, 2.05) is 6.07 Å². The van der Waals surface area contributed by atoms with Gasteiger partial charge in [-0.25, -0.2) is 0 Å². The van der Waals surface area contributed by atoms with Crippen molar-refractivity contribution in [2.24, 2.45) is 11.8 Å². The van der Waals surface area contributed by atoms with Crippen LogP contribution in [0.3, 0.4) is 0 Å². The van der Waals surface area contributed by atoms with Crippen LogP contribution in [0.4, 0.5) is 0 Å². The molecule has 1 aromatic carbocycles. The smallest absolute Gasteiger partial charge is 0.160 e. The summed E-state index contributed by atoms with van der Waals surface area (Å²) in [6, 6.07) is 6.38. The molecular weight excluding hydrogens is 250 g/mol. The second kappa shape index (κ2) is 6.98. The molecule has 2 unspecified atom stereocenters. The molecule has 2 atom stereocenters. The third kappa shape index (κ3) is 3.45. The number of hydrogen-bond acceptors (Lipinski definition) is 3. The van der Waals surface area contributed by atoms with Gasteiger partial charge < -0.3 is 14.8 Å². The van der Waals surface area contributed by atoms with Crippen LogP contribution in [0.2, 0.25) is 0 Å². The molecule has 1 saturated heterocycles. The molecule has 3 nitrogen and oxygen atoms in total. The Bertz CT molecular complexity index is 431. The Hall–Kier alpha value is -1.22. The lowest BCUT2D eigenvalue weighted by Crippen LogP contribution is -2.36. The summed E-state index contributed by atoms with van der Waals surface area (Å²) in [5.74, 6) is 3.72. The molecule has 1 aromatic rings. The van der Waals surface area contributed by atoms with Crippen LogP contribution in [0.25, 0.3) is 0 Å². The molecule has 0 amide bonds. The number of piperidine rings is 1. The van der Waals surface area contributed by atoms with Crippen molar-refractivity contribution in [3.05, 3.63) is 23.8 Å². The van der Waals surface area contributed by atoms with Crippen LogP contribution in [0.15, 0.2) is 18.2 Å². The van der Waals surface area contributed by atoms with Crippen LogP contribution in [-0.2, 0) is 0 Å². The van der Waals surface area contributed by atoms with E-state index in [1.54, 1.807) is 14.2 Å². The van der Waals surface area contributed by atoms with E-state index in [-0.39, 0.29) is 0 Å². The molecule has 0 bridgehead atoms. The van der Waals surface area contributed by atoms with Crippen molar-refractivity contribution in [1.82, 2.24) is 5.32 Å². The van der Waals surface area contributed by atoms with E-state index in [0.29, 0.717) is 11.8 Å². The van der Waals surface area contributed by atoms with E-state index in [0.717, 1.165) is 30.5 Å². The quantitative estimate of drug-likeness (QED) is 0.894. The van der Waals surface area contributed by atoms with Gasteiger partial charge in [-0.2, -0.15) is 0 Å². The fourth-order valence-corrected chi connectivity index (χ4v) is 3.30. The maximum atomic E-state index is 5.44. The van der Waals surface area contributed by atoms with Gasteiger partial charge in [0, 0.05) is 0 Å². The van der Waals surface area contributed by atoms with Crippen molar-refractivity contribution >= 4 is 0 Å². The second-order valence-corrected chi connectivity index (χ2v) is 6.10. The number of methoxy groups -OCH3 is 2. The highest BCUT2D eigenvalue weighted by molar-refractivity contribution is 5.44. The summed E-state index contributed by atoms with van der Waals surface area (Å²) in [4.78, 5) is 0. The van der Waals surface area contributed by atoms with Crippen molar-refractivity contribution in [2.75, 3.05) is 27.3 Å². The topological polar surface area (TPSA) is 30.5 Å². The van der Waals surface area contributed by atoms with Crippen molar-refractivity contribution in [2.45, 2.75) is 32.6 Å². The molecule has 1 aliphatic rings. The zero-order valence-corrected chi connectivity index (χ0v) is 13.1. The van der Waals surface area contributed by atoms with Crippen LogP contribution < -0.4 is 14.8 Å². The Balaban J connectivity index is 2.23. The molecule has 3 heteroatoms. The maximum Gasteiger partial charge on any atom is 0.160 e. The summed E-state index contributed by atoms with van der Waals surface area (Å²) >= 11 is 0. The number of rotatable bonds is 5. The van der Waals surface area contributed by atoms with Gasteiger partial charge in [0.05, 0.1) is 14.2 Å². The van der Waals surface area contributed by atoms with Crippen LogP contribution in [-0.4, -0.2) is 27.3 Å². The molecule has 0 saturated carbocycles. The summed E-state index contributed by atoms with van der Waals surface area (Å²) in [6.45, 7) is 6.84. The van der Waals surface area contributed by atoms with Gasteiger partial charge in [-0.1, -0.05) is 19.9 Å². The SMILES string of the molecule is COc1ccc(C2CCNCC2CC(C)C)cc1OC. The first-order valence-electron chi connectivity index (χ1n) is 7.58. The number of benzene rings is 1. The number of hydrogen-bond donors (Lipinski definition) is 1. The van der Waals surface area contributed by atoms with E-state index in [1.165, 1.54) is 18.4 Å². The Morgan fingerprint density at radius 1 is 1.20 bits per heavy atom. The van der Waals surface area contributed by atoms with Crippen LogP contribution in [0.1, 0.15) is 38.2 Å². The van der Waals surface area contributed by atoms with Gasteiger partial charge in [0.2, 0.25) is 0 Å². The summed E-state index contributed by atoms with van der Waals surface area (Å²) in [7, 11) is 3.39. The van der Waals surface area contributed by atoms with Crippen LogP contribution in [0.5, 0.6) is 11.5 Å². The Morgan fingerprint density at radius 2 is 1.95 bits per heavy atom. The largest absolute Gasteiger partial charge is 0.493 e. The average Bonchev–Trinajstić information content (AvgIpc) is 2.46. The zero-order chi connectivity index (χ0) is 14.5. The van der Waals surface area contributed by atoms with Gasteiger partial charge in [0.1, 0.15) is 0 Å². The summed E-state index contributed by atoms with van der Waals surface area (Å²) in [5.41, 5.74) is 1.38. The first-order valence-corrected chi connectivity index (χ1v) is 7.58. The molecule has 0 aromatic heterocycles. The number of ether oxygens (including phenoxy) is 2. The summed E-state index contributed by atoms with van der Waals surface area (Å²) in [6.07, 6.45) is 2.47. The fraction of sp³-hybridized carbons (Fsp3) is 0.647. The molecule has 0 aliphatic carbocycles. The zero-order valence-electron chi connectivity index (χ0n) is 13.1. The first kappa shape index (κ1) is 15.2. The molecular formula is C17H27NO2. The van der Waals surface area contributed by atoms with E-state index in [2.05, 4.69) is 31.3 Å². The first-order chi connectivity index (χ1) is 9.65. The number of nitrogens with one attached hydrogen (secondary N) is 1. The van der Waals surface area contributed by atoms with Crippen LogP contribution in [0, 0.1) is 11.8 Å². The Morgan fingerprint density at radius 3 is 2.60 bits per heavy atom. The Kier molecular flexibility index (Phi) is 5.30. The van der Waals surface area contributed by atoms with Crippen molar-refractivity contribution in [3.63, 3.8) is 0 Å². The van der Waals surface area contributed by atoms with Gasteiger partial charge in [-0.3, -0.25) is 0 Å². The van der Waals surface area contributed by atoms with E-state index >= 15 is 0 Å². The predicted molar refractivity (Wildman–Crippen MR) is 82.7 cm³/mol. The van der Waals surface area contributed by atoms with Crippen molar-refractivity contribution < 1.29 is 9.47 Å². The van der Waals surface area contributed by atoms with E-state index in [4.69, 9.17) is 9.47 Å². The molecule has 1 aliphatic heterocycles. The molecule has 2 rings (SSSR count). The van der Waals surface area contributed by atoms with Crippen molar-refractivity contribution in [3.8, 4) is 11.5 Å². The lowest BCUT2D eigenvalue weighted by Gasteiger charge is -2.34. The molecule has 1 N–H and O–H groups in total. The maximum absolute atomic E-state index is 5.44. The molecule has 0 spiro atoms. The highest BCUT2D eigenvalue weighted by atomic mass is 16.5. The standard InChI is InChI=1S/C17H27NO2/c1-12(2)9-14-11-18-8-7-15(14)13-5-6-16(19-3)17(10-13)20-4/h5-6,10,12,14-15,18H,7-9,11H2,1-4H3. The molecule has 1 heterocycles. The van der Waals surface area contributed by atoms with Gasteiger partial charge in [0.25, 0.3) is 0 Å². The predicted octanol–water partition coefficient (Wildman–Crippen LogP) is 3.44. The lowest BCUT2D eigenvalue weighted by atomic mass is 9.77. The minimum atomic E-state index is 0.624. The summed E-state index contributed by atoms with van der Waals surface area (Å²) < 4.78 is 10.8. The lowest BCUT2D eigenvalue weighted by molar-refractivity contribution is 0.279. The van der Waals surface area contributed by atoms with E-state index < -0.39 is 0 Å². The monoisotopic (exact) mass is 277 g/mol. The van der Waals surface area contributed by atoms with Gasteiger partial charge >= 0.3 is 0 Å².